The maximum absolute atomic E-state index is 4.74. The van der Waals surface area contributed by atoms with Crippen LogP contribution in [0.5, 0.6) is 0 Å². The number of rotatable bonds is 2. The van der Waals surface area contributed by atoms with Crippen LogP contribution in [0.2, 0.25) is 0 Å². The maximum atomic E-state index is 4.74. The summed E-state index contributed by atoms with van der Waals surface area (Å²) >= 11 is 0. The summed E-state index contributed by atoms with van der Waals surface area (Å²) in [6, 6.07) is 8.77. The lowest BCUT2D eigenvalue weighted by Gasteiger charge is -2.19. The van der Waals surface area contributed by atoms with E-state index >= 15 is 0 Å². The Morgan fingerprint density at radius 2 is 2.04 bits per heavy atom. The minimum Gasteiger partial charge on any atom is -0.340 e. The molecule has 1 atom stereocenters. The van der Waals surface area contributed by atoms with Crippen LogP contribution >= 0.6 is 0 Å². The number of aromatic amines is 1. The Morgan fingerprint density at radius 1 is 1.13 bits per heavy atom. The number of anilines is 1. The molecule has 1 fully saturated rings. The molecule has 5 heteroatoms. The lowest BCUT2D eigenvalue weighted by molar-refractivity contribution is 0.514. The summed E-state index contributed by atoms with van der Waals surface area (Å²) < 4.78 is 2.44. The standard InChI is InChI=1S/C18H21N5/c1-2-6-15-14(5-1)20-18(21-15)22-10-9-13(11-22)23-12-19-16-7-3-4-8-17(16)23/h1-2,5-6,12-13H,3-4,7-11H2,(H,20,21)/t13-/m0/s1. The summed E-state index contributed by atoms with van der Waals surface area (Å²) in [5.74, 6) is 1.00. The molecule has 5 nitrogen and oxygen atoms in total. The quantitative estimate of drug-likeness (QED) is 0.791. The van der Waals surface area contributed by atoms with E-state index < -0.39 is 0 Å². The van der Waals surface area contributed by atoms with Gasteiger partial charge in [-0.15, -0.1) is 0 Å². The van der Waals surface area contributed by atoms with Crippen LogP contribution in [-0.4, -0.2) is 32.6 Å². The Labute approximate surface area is 135 Å². The summed E-state index contributed by atoms with van der Waals surface area (Å²) in [6.07, 6.45) is 8.18. The highest BCUT2D eigenvalue weighted by atomic mass is 15.3. The van der Waals surface area contributed by atoms with Crippen LogP contribution in [-0.2, 0) is 12.8 Å². The fraction of sp³-hybridized carbons (Fsp3) is 0.444. The third-order valence-electron chi connectivity index (χ3n) is 5.29. The van der Waals surface area contributed by atoms with Gasteiger partial charge in [-0.1, -0.05) is 12.1 Å². The Bertz CT molecular complexity index is 813. The number of nitrogens with zero attached hydrogens (tertiary/aromatic N) is 4. The summed E-state index contributed by atoms with van der Waals surface area (Å²) in [5.41, 5.74) is 4.98. The number of aryl methyl sites for hydroxylation is 1. The van der Waals surface area contributed by atoms with E-state index in [4.69, 9.17) is 4.98 Å². The van der Waals surface area contributed by atoms with Crippen LogP contribution in [0, 0.1) is 0 Å². The second-order valence-corrected chi connectivity index (χ2v) is 6.72. The molecule has 3 heterocycles. The molecule has 1 aromatic carbocycles. The van der Waals surface area contributed by atoms with Gasteiger partial charge in [0.1, 0.15) is 0 Å². The van der Waals surface area contributed by atoms with Crippen LogP contribution in [0.4, 0.5) is 5.95 Å². The molecule has 0 bridgehead atoms. The number of imidazole rings is 2. The first-order valence-electron chi connectivity index (χ1n) is 8.63. The van der Waals surface area contributed by atoms with E-state index in [0.717, 1.165) is 36.5 Å². The van der Waals surface area contributed by atoms with Crippen LogP contribution in [0.15, 0.2) is 30.6 Å². The van der Waals surface area contributed by atoms with Crippen LogP contribution in [0.3, 0.4) is 0 Å². The largest absolute Gasteiger partial charge is 0.340 e. The molecular weight excluding hydrogens is 286 g/mol. The molecule has 1 aliphatic carbocycles. The molecule has 0 spiro atoms. The fourth-order valence-corrected chi connectivity index (χ4v) is 4.06. The number of aromatic nitrogens is 4. The van der Waals surface area contributed by atoms with Gasteiger partial charge in [0.05, 0.1) is 29.1 Å². The van der Waals surface area contributed by atoms with Crippen molar-refractivity contribution in [1.29, 1.82) is 0 Å². The van der Waals surface area contributed by atoms with Crippen molar-refractivity contribution in [3.05, 3.63) is 42.0 Å². The zero-order valence-electron chi connectivity index (χ0n) is 13.2. The smallest absolute Gasteiger partial charge is 0.203 e. The van der Waals surface area contributed by atoms with Crippen molar-refractivity contribution in [2.24, 2.45) is 0 Å². The first kappa shape index (κ1) is 13.2. The van der Waals surface area contributed by atoms with E-state index in [1.54, 1.807) is 0 Å². The molecule has 2 aliphatic rings. The van der Waals surface area contributed by atoms with Gasteiger partial charge in [-0.2, -0.15) is 0 Å². The first-order valence-corrected chi connectivity index (χ1v) is 8.63. The Balaban J connectivity index is 1.41. The van der Waals surface area contributed by atoms with E-state index in [9.17, 15) is 0 Å². The zero-order valence-corrected chi connectivity index (χ0v) is 13.2. The topological polar surface area (TPSA) is 49.7 Å². The van der Waals surface area contributed by atoms with E-state index in [1.807, 2.05) is 6.07 Å². The lowest BCUT2D eigenvalue weighted by Crippen LogP contribution is -2.22. The number of benzene rings is 1. The molecule has 0 saturated carbocycles. The lowest BCUT2D eigenvalue weighted by atomic mass is 10.0. The Morgan fingerprint density at radius 3 is 3.00 bits per heavy atom. The van der Waals surface area contributed by atoms with Crippen molar-refractivity contribution in [3.8, 4) is 0 Å². The monoisotopic (exact) mass is 307 g/mol. The van der Waals surface area contributed by atoms with Crippen molar-refractivity contribution >= 4 is 17.0 Å². The Hall–Kier alpha value is -2.30. The third-order valence-corrected chi connectivity index (χ3v) is 5.29. The van der Waals surface area contributed by atoms with E-state index in [2.05, 4.69) is 44.0 Å². The second-order valence-electron chi connectivity index (χ2n) is 6.72. The number of nitrogens with one attached hydrogen (secondary N) is 1. The minimum atomic E-state index is 0.526. The SMILES string of the molecule is c1ccc2[nH]c(N3CC[C@H](n4cnc5c4CCCC5)C3)nc2c1. The molecule has 3 aromatic rings. The molecule has 5 rings (SSSR count). The first-order chi connectivity index (χ1) is 11.4. The molecular formula is C18H21N5. The molecule has 0 radical (unpaired) electrons. The van der Waals surface area contributed by atoms with Gasteiger partial charge in [0.2, 0.25) is 5.95 Å². The summed E-state index contributed by atoms with van der Waals surface area (Å²) in [4.78, 5) is 15.2. The molecule has 1 saturated heterocycles. The van der Waals surface area contributed by atoms with Crippen LogP contribution in [0.1, 0.15) is 36.7 Å². The van der Waals surface area contributed by atoms with Crippen LogP contribution < -0.4 is 4.90 Å². The molecule has 1 aliphatic heterocycles. The van der Waals surface area contributed by atoms with Crippen molar-refractivity contribution in [3.63, 3.8) is 0 Å². The van der Waals surface area contributed by atoms with Gasteiger partial charge >= 0.3 is 0 Å². The molecule has 1 N–H and O–H groups in total. The minimum absolute atomic E-state index is 0.526. The fourth-order valence-electron chi connectivity index (χ4n) is 4.06. The normalized spacial score (nSPS) is 21.0. The van der Waals surface area contributed by atoms with Crippen LogP contribution in [0.25, 0.3) is 11.0 Å². The van der Waals surface area contributed by atoms with Crippen molar-refractivity contribution in [2.75, 3.05) is 18.0 Å². The highest BCUT2D eigenvalue weighted by Crippen LogP contribution is 2.30. The second kappa shape index (κ2) is 5.11. The van der Waals surface area contributed by atoms with E-state index in [0.29, 0.717) is 6.04 Å². The number of hydrogen-bond acceptors (Lipinski definition) is 3. The summed E-state index contributed by atoms with van der Waals surface area (Å²) in [6.45, 7) is 2.07. The van der Waals surface area contributed by atoms with Crippen molar-refractivity contribution < 1.29 is 0 Å². The Kier molecular flexibility index (Phi) is 2.93. The van der Waals surface area contributed by atoms with Gasteiger partial charge in [0.25, 0.3) is 0 Å². The van der Waals surface area contributed by atoms with Gasteiger partial charge < -0.3 is 14.5 Å². The number of fused-ring (bicyclic) bond motifs is 2. The molecule has 2 aromatic heterocycles. The third kappa shape index (κ3) is 2.14. The summed E-state index contributed by atoms with van der Waals surface area (Å²) in [7, 11) is 0. The predicted molar refractivity (Wildman–Crippen MR) is 90.8 cm³/mol. The maximum Gasteiger partial charge on any atom is 0.203 e. The molecule has 0 unspecified atom stereocenters. The predicted octanol–water partition coefficient (Wildman–Crippen LogP) is 3.09. The molecule has 118 valence electrons. The van der Waals surface area contributed by atoms with Gasteiger partial charge in [0, 0.05) is 18.8 Å². The van der Waals surface area contributed by atoms with E-state index in [-0.39, 0.29) is 0 Å². The molecule has 23 heavy (non-hydrogen) atoms. The number of H-pyrrole nitrogens is 1. The average Bonchev–Trinajstić information content (AvgIpc) is 3.31. The highest BCUT2D eigenvalue weighted by Gasteiger charge is 2.28. The van der Waals surface area contributed by atoms with Crippen molar-refractivity contribution in [2.45, 2.75) is 38.1 Å². The summed E-state index contributed by atoms with van der Waals surface area (Å²) in [5, 5.41) is 0. The zero-order chi connectivity index (χ0) is 15.2. The number of hydrogen-bond donors (Lipinski definition) is 1. The van der Waals surface area contributed by atoms with Gasteiger partial charge in [-0.3, -0.25) is 0 Å². The highest BCUT2D eigenvalue weighted by molar-refractivity contribution is 5.77. The molecule has 0 amide bonds. The van der Waals surface area contributed by atoms with Gasteiger partial charge in [-0.25, -0.2) is 9.97 Å². The van der Waals surface area contributed by atoms with E-state index in [1.165, 1.54) is 37.1 Å². The van der Waals surface area contributed by atoms with Gasteiger partial charge in [0.15, 0.2) is 0 Å². The average molecular weight is 307 g/mol. The van der Waals surface area contributed by atoms with Crippen molar-refractivity contribution in [1.82, 2.24) is 19.5 Å². The van der Waals surface area contributed by atoms with Gasteiger partial charge in [-0.05, 0) is 44.2 Å². The number of para-hydroxylation sites is 2.